The number of carbonyl (C=O) groups is 4. The fourth-order valence-corrected chi connectivity index (χ4v) is 8.81. The number of hydrogen-bond donors (Lipinski definition) is 2. The van der Waals surface area contributed by atoms with Crippen LogP contribution in [0.3, 0.4) is 0 Å². The van der Waals surface area contributed by atoms with Crippen molar-refractivity contribution < 1.29 is 33.8 Å². The van der Waals surface area contributed by atoms with E-state index in [0.29, 0.717) is 17.7 Å². The van der Waals surface area contributed by atoms with Gasteiger partial charge in [0.05, 0.1) is 30.7 Å². The molecule has 2 N–H and O–H groups in total. The molecule has 1 spiro atoms. The summed E-state index contributed by atoms with van der Waals surface area (Å²) in [5.41, 5.74) is 1.71. The van der Waals surface area contributed by atoms with Crippen LogP contribution >= 0.6 is 0 Å². The third-order valence-electron chi connectivity index (χ3n) is 11.5. The smallest absolute Gasteiger partial charge is 0.313 e. The number of nitrogens with one attached hydrogen (secondary N) is 1. The molecule has 0 aliphatic carbocycles. The number of allylic oxidation sites excluding steroid dienone is 1. The van der Waals surface area contributed by atoms with Crippen molar-refractivity contribution in [3.05, 3.63) is 120 Å². The van der Waals surface area contributed by atoms with Crippen LogP contribution in [0.2, 0.25) is 0 Å². The number of rotatable bonds is 9. The standard InChI is InChI=1S/C44H50N4O7/c1-4-46(5-2)32-20-22-33(23-21-32)47-26-14-8-13-19-36(50)45-29(3)39(31-17-11-7-12-18-31)54-43(53)37-35-24-25-44(55-35)38(37)41(51)48(40(44)42(47)52)34(28-49)27-30-15-9-6-10-16-30/h6-12,14-18,20-25,29,34-35,37-40,49H,4-5,13,19,26-28H2,1-3H3,(H,45,50)/b14-8-/t29-,34-,35+,37-,38-,39+,40+,44-/m1/s1. The molecule has 4 heterocycles. The summed E-state index contributed by atoms with van der Waals surface area (Å²) < 4.78 is 13.0. The average Bonchev–Trinajstić information content (AvgIpc) is 3.85. The van der Waals surface area contributed by atoms with Crippen LogP contribution in [-0.2, 0) is 35.1 Å². The van der Waals surface area contributed by atoms with Crippen LogP contribution in [0.4, 0.5) is 11.4 Å². The zero-order valence-corrected chi connectivity index (χ0v) is 31.6. The first-order valence-corrected chi connectivity index (χ1v) is 19.4. The van der Waals surface area contributed by atoms with Gasteiger partial charge in [0.1, 0.15) is 23.7 Å². The molecule has 55 heavy (non-hydrogen) atoms. The molecule has 11 heteroatoms. The summed E-state index contributed by atoms with van der Waals surface area (Å²) in [6.07, 6.45) is 6.48. The van der Waals surface area contributed by atoms with Crippen molar-refractivity contribution in [3.8, 4) is 0 Å². The molecule has 0 unspecified atom stereocenters. The molecular formula is C44H50N4O7. The van der Waals surface area contributed by atoms with Gasteiger partial charge in [-0.3, -0.25) is 19.2 Å². The Labute approximate surface area is 322 Å². The molecule has 4 aliphatic heterocycles. The molecule has 7 rings (SSSR count). The summed E-state index contributed by atoms with van der Waals surface area (Å²) in [6.45, 7) is 7.34. The number of aliphatic hydroxyl groups is 1. The number of fused-ring (bicyclic) bond motifs is 2. The van der Waals surface area contributed by atoms with E-state index in [0.717, 1.165) is 24.3 Å². The maximum absolute atomic E-state index is 15.4. The Balaban J connectivity index is 1.34. The maximum Gasteiger partial charge on any atom is 0.313 e. The van der Waals surface area contributed by atoms with E-state index in [4.69, 9.17) is 9.47 Å². The number of cyclic esters (lactones) is 1. The minimum Gasteiger partial charge on any atom is -0.455 e. The Morgan fingerprint density at radius 3 is 2.27 bits per heavy atom. The Morgan fingerprint density at radius 1 is 0.909 bits per heavy atom. The number of hydrogen-bond acceptors (Lipinski definition) is 8. The Bertz CT molecular complexity index is 1910. The van der Waals surface area contributed by atoms with Gasteiger partial charge in [-0.2, -0.15) is 0 Å². The van der Waals surface area contributed by atoms with Crippen LogP contribution in [0.1, 0.15) is 50.8 Å². The van der Waals surface area contributed by atoms with Gasteiger partial charge in [0, 0.05) is 37.4 Å². The minimum atomic E-state index is -1.49. The van der Waals surface area contributed by atoms with Gasteiger partial charge >= 0.3 is 5.97 Å². The quantitative estimate of drug-likeness (QED) is 0.237. The first-order chi connectivity index (χ1) is 26.7. The second-order valence-corrected chi connectivity index (χ2v) is 14.7. The molecular weight excluding hydrogens is 697 g/mol. The summed E-state index contributed by atoms with van der Waals surface area (Å²) >= 11 is 0. The van der Waals surface area contributed by atoms with Crippen LogP contribution in [0.15, 0.2) is 109 Å². The highest BCUT2D eigenvalue weighted by molar-refractivity contribution is 6.05. The molecule has 3 aromatic carbocycles. The number of esters is 1. The predicted octanol–water partition coefficient (Wildman–Crippen LogP) is 4.76. The van der Waals surface area contributed by atoms with Crippen molar-refractivity contribution in [1.29, 1.82) is 0 Å². The highest BCUT2D eigenvalue weighted by Gasteiger charge is 2.74. The largest absolute Gasteiger partial charge is 0.455 e. The predicted molar refractivity (Wildman–Crippen MR) is 209 cm³/mol. The lowest BCUT2D eigenvalue weighted by molar-refractivity contribution is -0.161. The topological polar surface area (TPSA) is 129 Å². The van der Waals surface area contributed by atoms with Crippen molar-refractivity contribution >= 4 is 35.1 Å². The first kappa shape index (κ1) is 38.0. The highest BCUT2D eigenvalue weighted by Crippen LogP contribution is 2.56. The van der Waals surface area contributed by atoms with Crippen molar-refractivity contribution in [2.75, 3.05) is 36.0 Å². The van der Waals surface area contributed by atoms with Crippen LogP contribution in [0.25, 0.3) is 0 Å². The first-order valence-electron chi connectivity index (χ1n) is 19.4. The van der Waals surface area contributed by atoms with Gasteiger partial charge in [-0.15, -0.1) is 0 Å². The van der Waals surface area contributed by atoms with Gasteiger partial charge in [0.2, 0.25) is 11.8 Å². The summed E-state index contributed by atoms with van der Waals surface area (Å²) in [7, 11) is 0. The third-order valence-corrected chi connectivity index (χ3v) is 11.5. The van der Waals surface area contributed by atoms with E-state index in [1.165, 1.54) is 4.90 Å². The van der Waals surface area contributed by atoms with E-state index in [1.54, 1.807) is 24.0 Å². The van der Waals surface area contributed by atoms with Gasteiger partial charge in [-0.05, 0) is 69.0 Å². The lowest BCUT2D eigenvalue weighted by Crippen LogP contribution is -2.59. The van der Waals surface area contributed by atoms with E-state index in [9.17, 15) is 14.7 Å². The molecule has 0 saturated carbocycles. The number of benzene rings is 3. The van der Waals surface area contributed by atoms with Crippen molar-refractivity contribution in [3.63, 3.8) is 0 Å². The van der Waals surface area contributed by atoms with Gasteiger partial charge in [-0.1, -0.05) is 85.0 Å². The zero-order valence-electron chi connectivity index (χ0n) is 31.6. The lowest BCUT2D eigenvalue weighted by atomic mass is 9.74. The number of likely N-dealkylation sites (tertiary alicyclic amines) is 1. The average molecular weight is 747 g/mol. The second-order valence-electron chi connectivity index (χ2n) is 14.7. The molecule has 3 aromatic rings. The molecule has 8 atom stereocenters. The minimum absolute atomic E-state index is 0.151. The van der Waals surface area contributed by atoms with E-state index < -0.39 is 72.2 Å². The number of amides is 3. The molecule has 5 bridgehead atoms. The van der Waals surface area contributed by atoms with E-state index in [1.807, 2.05) is 97.1 Å². The highest BCUT2D eigenvalue weighted by atomic mass is 16.6. The molecule has 11 nitrogen and oxygen atoms in total. The van der Waals surface area contributed by atoms with E-state index in [-0.39, 0.29) is 25.3 Å². The monoisotopic (exact) mass is 746 g/mol. The van der Waals surface area contributed by atoms with Crippen molar-refractivity contribution in [2.24, 2.45) is 11.8 Å². The van der Waals surface area contributed by atoms with Crippen LogP contribution in [0.5, 0.6) is 0 Å². The SMILES string of the molecule is CCN(CC)c1ccc(N2C/C=C\CCC(=O)N[C@H](C)[C@@H](c3ccccc3)OC(=O)[C@@H]3[C@@H]4C=C[C@]5(O4)[C@H](C2=O)N([C@@H](CO)Cc2ccccc2)C(=O)[C@@H]35)cc1. The third kappa shape index (κ3) is 7.18. The van der Waals surface area contributed by atoms with E-state index in [2.05, 4.69) is 24.1 Å². The Morgan fingerprint density at radius 2 is 1.60 bits per heavy atom. The molecule has 2 saturated heterocycles. The summed E-state index contributed by atoms with van der Waals surface area (Å²) in [5.74, 6) is -3.88. The maximum atomic E-state index is 15.4. The molecule has 0 radical (unpaired) electrons. The summed E-state index contributed by atoms with van der Waals surface area (Å²) in [5, 5.41) is 14.0. The fourth-order valence-electron chi connectivity index (χ4n) is 8.81. The molecule has 0 aromatic heterocycles. The van der Waals surface area contributed by atoms with Gasteiger partial charge in [-0.25, -0.2) is 0 Å². The van der Waals surface area contributed by atoms with Crippen LogP contribution < -0.4 is 15.1 Å². The number of aliphatic hydroxyl groups excluding tert-OH is 1. The van der Waals surface area contributed by atoms with Crippen molar-refractivity contribution in [1.82, 2.24) is 10.2 Å². The van der Waals surface area contributed by atoms with Crippen LogP contribution in [0, 0.1) is 11.8 Å². The molecule has 2 fully saturated rings. The number of anilines is 2. The van der Waals surface area contributed by atoms with Crippen molar-refractivity contribution in [2.45, 2.75) is 76.0 Å². The Hall–Kier alpha value is -5.26. The molecule has 3 amide bonds. The lowest BCUT2D eigenvalue weighted by Gasteiger charge is -2.39. The van der Waals surface area contributed by atoms with Gasteiger partial charge in [0.25, 0.3) is 5.91 Å². The Kier molecular flexibility index (Phi) is 11.2. The number of ether oxygens (including phenoxy) is 2. The van der Waals surface area contributed by atoms with E-state index >= 15 is 9.59 Å². The summed E-state index contributed by atoms with van der Waals surface area (Å²) in [6, 6.07) is 23.9. The summed E-state index contributed by atoms with van der Waals surface area (Å²) in [4.78, 5) is 63.4. The molecule has 288 valence electrons. The molecule has 4 aliphatic rings. The van der Waals surface area contributed by atoms with Gasteiger partial charge in [0.15, 0.2) is 0 Å². The van der Waals surface area contributed by atoms with Crippen LogP contribution in [-0.4, -0.2) is 89.8 Å². The fraction of sp³-hybridized carbons (Fsp3) is 0.409. The second kappa shape index (κ2) is 16.2. The van der Waals surface area contributed by atoms with Gasteiger partial charge < -0.3 is 34.6 Å². The normalized spacial score (nSPS) is 29.2. The number of carbonyl (C=O) groups excluding carboxylic acids is 4. The zero-order chi connectivity index (χ0) is 38.7. The number of nitrogens with zero attached hydrogens (tertiary/aromatic N) is 3.